The molecular weight excluding hydrogens is 318 g/mol. The monoisotopic (exact) mass is 333 g/mol. The summed E-state index contributed by atoms with van der Waals surface area (Å²) in [4.78, 5) is 13.9. The molecule has 1 amide bonds. The highest BCUT2D eigenvalue weighted by Crippen LogP contribution is 2.23. The fraction of sp³-hybridized carbons (Fsp3) is 0.462. The fourth-order valence-electron chi connectivity index (χ4n) is 1.63. The van der Waals surface area contributed by atoms with E-state index in [9.17, 15) is 9.90 Å². The van der Waals surface area contributed by atoms with Crippen molar-refractivity contribution in [3.8, 4) is 0 Å². The second kappa shape index (κ2) is 6.04. The Morgan fingerprint density at radius 2 is 2.11 bits per heavy atom. The minimum Gasteiger partial charge on any atom is -0.389 e. The second-order valence-electron chi connectivity index (χ2n) is 4.76. The number of hydrogen-bond donors (Lipinski definition) is 1. The number of carbonyl (C=O) groups is 1. The van der Waals surface area contributed by atoms with Crippen LogP contribution in [-0.4, -0.2) is 34.6 Å². The molecule has 0 saturated carbocycles. The predicted molar refractivity (Wildman–Crippen MR) is 77.0 cm³/mol. The maximum absolute atomic E-state index is 12.3. The van der Waals surface area contributed by atoms with E-state index < -0.39 is 5.60 Å². The van der Waals surface area contributed by atoms with E-state index >= 15 is 0 Å². The summed E-state index contributed by atoms with van der Waals surface area (Å²) in [5.74, 6) is -0.169. The SMILES string of the molecule is CCN(CC(C)(C)O)C(=O)c1ccc(Br)cc1Cl. The number of halogens is 2. The van der Waals surface area contributed by atoms with E-state index in [-0.39, 0.29) is 12.5 Å². The molecule has 5 heteroatoms. The number of likely N-dealkylation sites (N-methyl/N-ethyl adjacent to an activating group) is 1. The molecular formula is C13H17BrClNO2. The zero-order chi connectivity index (χ0) is 13.9. The van der Waals surface area contributed by atoms with Crippen molar-refractivity contribution in [2.75, 3.05) is 13.1 Å². The average molecular weight is 335 g/mol. The fourth-order valence-corrected chi connectivity index (χ4v) is 2.38. The molecule has 1 rings (SSSR count). The van der Waals surface area contributed by atoms with Crippen molar-refractivity contribution >= 4 is 33.4 Å². The van der Waals surface area contributed by atoms with Gasteiger partial charge in [0.2, 0.25) is 0 Å². The first kappa shape index (κ1) is 15.5. The maximum atomic E-state index is 12.3. The Kier molecular flexibility index (Phi) is 5.20. The Hall–Kier alpha value is -0.580. The lowest BCUT2D eigenvalue weighted by atomic mass is 10.1. The second-order valence-corrected chi connectivity index (χ2v) is 6.08. The molecule has 3 nitrogen and oxygen atoms in total. The summed E-state index contributed by atoms with van der Waals surface area (Å²) in [6.07, 6.45) is 0. The summed E-state index contributed by atoms with van der Waals surface area (Å²) in [7, 11) is 0. The minimum absolute atomic E-state index is 0.169. The third-order valence-corrected chi connectivity index (χ3v) is 3.21. The molecule has 18 heavy (non-hydrogen) atoms. The quantitative estimate of drug-likeness (QED) is 0.917. The predicted octanol–water partition coefficient (Wildman–Crippen LogP) is 3.34. The topological polar surface area (TPSA) is 40.5 Å². The van der Waals surface area contributed by atoms with Crippen LogP contribution in [0.1, 0.15) is 31.1 Å². The van der Waals surface area contributed by atoms with Crippen LogP contribution in [0.2, 0.25) is 5.02 Å². The van der Waals surface area contributed by atoms with Gasteiger partial charge < -0.3 is 10.0 Å². The number of amides is 1. The molecule has 0 atom stereocenters. The molecule has 0 aliphatic carbocycles. The van der Waals surface area contributed by atoms with E-state index in [1.54, 1.807) is 36.9 Å². The number of carbonyl (C=O) groups excluding carboxylic acids is 1. The third kappa shape index (κ3) is 4.26. The van der Waals surface area contributed by atoms with Crippen LogP contribution < -0.4 is 0 Å². The molecule has 0 spiro atoms. The highest BCUT2D eigenvalue weighted by Gasteiger charge is 2.23. The lowest BCUT2D eigenvalue weighted by molar-refractivity contribution is 0.0315. The molecule has 0 bridgehead atoms. The van der Waals surface area contributed by atoms with Crippen LogP contribution in [0.4, 0.5) is 0 Å². The maximum Gasteiger partial charge on any atom is 0.255 e. The van der Waals surface area contributed by atoms with E-state index in [0.29, 0.717) is 17.1 Å². The van der Waals surface area contributed by atoms with Crippen molar-refractivity contribution in [2.24, 2.45) is 0 Å². The van der Waals surface area contributed by atoms with Crippen molar-refractivity contribution in [1.29, 1.82) is 0 Å². The van der Waals surface area contributed by atoms with E-state index in [1.165, 1.54) is 0 Å². The van der Waals surface area contributed by atoms with Gasteiger partial charge in [-0.2, -0.15) is 0 Å². The molecule has 0 radical (unpaired) electrons. The smallest absolute Gasteiger partial charge is 0.255 e. The van der Waals surface area contributed by atoms with Crippen LogP contribution in [0.5, 0.6) is 0 Å². The summed E-state index contributed by atoms with van der Waals surface area (Å²) >= 11 is 9.36. The Morgan fingerprint density at radius 3 is 2.56 bits per heavy atom. The van der Waals surface area contributed by atoms with Crippen molar-refractivity contribution in [2.45, 2.75) is 26.4 Å². The lowest BCUT2D eigenvalue weighted by Crippen LogP contribution is -2.42. The molecule has 1 aromatic rings. The summed E-state index contributed by atoms with van der Waals surface area (Å²) in [5.41, 5.74) is -0.473. The van der Waals surface area contributed by atoms with Crippen molar-refractivity contribution in [1.82, 2.24) is 4.90 Å². The normalized spacial score (nSPS) is 11.4. The summed E-state index contributed by atoms with van der Waals surface area (Å²) in [5, 5.41) is 10.2. The van der Waals surface area contributed by atoms with Gasteiger partial charge in [-0.05, 0) is 39.0 Å². The van der Waals surface area contributed by atoms with E-state index in [0.717, 1.165) is 4.47 Å². The van der Waals surface area contributed by atoms with Crippen LogP contribution >= 0.6 is 27.5 Å². The number of aliphatic hydroxyl groups is 1. The van der Waals surface area contributed by atoms with Crippen molar-refractivity contribution in [3.63, 3.8) is 0 Å². The number of hydrogen-bond acceptors (Lipinski definition) is 2. The number of nitrogens with zero attached hydrogens (tertiary/aromatic N) is 1. The van der Waals surface area contributed by atoms with Crippen LogP contribution in [0.25, 0.3) is 0 Å². The summed E-state index contributed by atoms with van der Waals surface area (Å²) < 4.78 is 0.828. The van der Waals surface area contributed by atoms with E-state index in [4.69, 9.17) is 11.6 Å². The molecule has 0 aliphatic heterocycles. The zero-order valence-electron chi connectivity index (χ0n) is 10.7. The number of rotatable bonds is 4. The highest BCUT2D eigenvalue weighted by molar-refractivity contribution is 9.10. The average Bonchev–Trinajstić information content (AvgIpc) is 2.24. The van der Waals surface area contributed by atoms with Crippen molar-refractivity contribution < 1.29 is 9.90 Å². The highest BCUT2D eigenvalue weighted by atomic mass is 79.9. The van der Waals surface area contributed by atoms with E-state index in [1.807, 2.05) is 6.92 Å². The molecule has 0 aromatic heterocycles. The standard InChI is InChI=1S/C13H17BrClNO2/c1-4-16(8-13(2,3)18)12(17)10-6-5-9(14)7-11(10)15/h5-7,18H,4,8H2,1-3H3. The summed E-state index contributed by atoms with van der Waals surface area (Å²) in [6, 6.07) is 5.14. The lowest BCUT2D eigenvalue weighted by Gasteiger charge is -2.28. The molecule has 1 N–H and O–H groups in total. The van der Waals surface area contributed by atoms with Gasteiger partial charge >= 0.3 is 0 Å². The minimum atomic E-state index is -0.923. The van der Waals surface area contributed by atoms with Crippen LogP contribution in [-0.2, 0) is 0 Å². The van der Waals surface area contributed by atoms with Gasteiger partial charge in [0.25, 0.3) is 5.91 Å². The van der Waals surface area contributed by atoms with Crippen molar-refractivity contribution in [3.05, 3.63) is 33.3 Å². The first-order chi connectivity index (χ1) is 8.24. The Bertz CT molecular complexity index is 443. The van der Waals surface area contributed by atoms with Gasteiger partial charge in [-0.15, -0.1) is 0 Å². The zero-order valence-corrected chi connectivity index (χ0v) is 13.0. The van der Waals surface area contributed by atoms with Crippen LogP contribution in [0, 0.1) is 0 Å². The molecule has 0 fully saturated rings. The first-order valence-corrected chi connectivity index (χ1v) is 6.88. The Morgan fingerprint density at radius 1 is 1.50 bits per heavy atom. The molecule has 1 aromatic carbocycles. The van der Waals surface area contributed by atoms with Crippen LogP contribution in [0.3, 0.4) is 0 Å². The molecule has 100 valence electrons. The van der Waals surface area contributed by atoms with Gasteiger partial charge in [0.05, 0.1) is 16.2 Å². The number of benzene rings is 1. The van der Waals surface area contributed by atoms with Gasteiger partial charge in [0.1, 0.15) is 0 Å². The molecule has 0 unspecified atom stereocenters. The van der Waals surface area contributed by atoms with E-state index in [2.05, 4.69) is 15.9 Å². The van der Waals surface area contributed by atoms with Gasteiger partial charge in [-0.3, -0.25) is 4.79 Å². The third-order valence-electron chi connectivity index (χ3n) is 2.41. The largest absolute Gasteiger partial charge is 0.389 e. The van der Waals surface area contributed by atoms with Gasteiger partial charge in [-0.25, -0.2) is 0 Å². The van der Waals surface area contributed by atoms with Gasteiger partial charge in [-0.1, -0.05) is 27.5 Å². The van der Waals surface area contributed by atoms with Gasteiger partial charge in [0.15, 0.2) is 0 Å². The Balaban J connectivity index is 2.97. The molecule has 0 saturated heterocycles. The molecule has 0 aliphatic rings. The summed E-state index contributed by atoms with van der Waals surface area (Å²) in [6.45, 7) is 6.01. The van der Waals surface area contributed by atoms with Crippen LogP contribution in [0.15, 0.2) is 22.7 Å². The van der Waals surface area contributed by atoms with Gasteiger partial charge in [0, 0.05) is 17.6 Å². The molecule has 0 heterocycles. The Labute approximate surface area is 121 Å². The first-order valence-electron chi connectivity index (χ1n) is 5.71.